The summed E-state index contributed by atoms with van der Waals surface area (Å²) in [5.74, 6) is 0. The van der Waals surface area contributed by atoms with Crippen molar-refractivity contribution in [1.29, 1.82) is 0 Å². The molecule has 0 bridgehead atoms. The number of nitrogens with one attached hydrogen (secondary N) is 2. The lowest BCUT2D eigenvalue weighted by Crippen LogP contribution is -2.50. The van der Waals surface area contributed by atoms with Crippen molar-refractivity contribution in [1.82, 2.24) is 10.2 Å². The lowest BCUT2D eigenvalue weighted by molar-refractivity contribution is 0.108. The second-order valence-electron chi connectivity index (χ2n) is 5.65. The highest BCUT2D eigenvalue weighted by Gasteiger charge is 2.25. The van der Waals surface area contributed by atoms with Gasteiger partial charge in [-0.15, -0.1) is 0 Å². The molecule has 1 fully saturated rings. The molecule has 2 rings (SSSR count). The predicted octanol–water partition coefficient (Wildman–Crippen LogP) is 2.58. The number of hydrogen-bond acceptors (Lipinski definition) is 4. The highest BCUT2D eigenvalue weighted by atomic mass is 16.5. The minimum absolute atomic E-state index is 0.0862. The highest BCUT2D eigenvalue weighted by Crippen LogP contribution is 2.16. The molecule has 132 valence electrons. The largest absolute Gasteiger partial charge is 0.453 e. The van der Waals surface area contributed by atoms with Crippen molar-refractivity contribution in [2.45, 2.75) is 32.4 Å². The quantitative estimate of drug-likeness (QED) is 0.867. The van der Waals surface area contributed by atoms with Gasteiger partial charge in [0.1, 0.15) is 0 Å². The Hall–Kier alpha value is -2.28. The Morgan fingerprint density at radius 1 is 1.33 bits per heavy atom. The molecule has 1 aromatic rings. The van der Waals surface area contributed by atoms with E-state index in [2.05, 4.69) is 10.6 Å². The monoisotopic (exact) mass is 335 g/mol. The maximum absolute atomic E-state index is 12.3. The van der Waals surface area contributed by atoms with Crippen LogP contribution in [-0.2, 0) is 16.1 Å². The molecule has 1 atom stereocenters. The second-order valence-corrected chi connectivity index (χ2v) is 5.65. The lowest BCUT2D eigenvalue weighted by atomic mass is 10.1. The lowest BCUT2D eigenvalue weighted by Gasteiger charge is -2.32. The summed E-state index contributed by atoms with van der Waals surface area (Å²) in [6.45, 7) is 4.11. The van der Waals surface area contributed by atoms with Crippen LogP contribution < -0.4 is 10.6 Å². The Kier molecular flexibility index (Phi) is 6.87. The smallest absolute Gasteiger partial charge is 0.409 e. The summed E-state index contributed by atoms with van der Waals surface area (Å²) in [6.07, 6.45) is 1.31. The van der Waals surface area contributed by atoms with Gasteiger partial charge in [0.15, 0.2) is 0 Å². The number of piperidine rings is 1. The number of hydrogen-bond donors (Lipinski definition) is 2. The number of anilines is 1. The van der Waals surface area contributed by atoms with Gasteiger partial charge in [-0.2, -0.15) is 0 Å². The van der Waals surface area contributed by atoms with Gasteiger partial charge in [-0.1, -0.05) is 18.2 Å². The standard InChI is InChI=1S/C17H25N3O4/c1-3-24-12-13-7-4-5-9-15(13)19-16(21)18-14-8-6-10-20(11-14)17(22)23-2/h4-5,7,9,14H,3,6,8,10-12H2,1-2H3,(H2,18,19,21). The van der Waals surface area contributed by atoms with Crippen molar-refractivity contribution < 1.29 is 19.1 Å². The number of nitrogens with zero attached hydrogens (tertiary/aromatic N) is 1. The van der Waals surface area contributed by atoms with Crippen LogP contribution in [-0.4, -0.2) is 49.9 Å². The van der Waals surface area contributed by atoms with E-state index in [1.807, 2.05) is 31.2 Å². The number of ether oxygens (including phenoxy) is 2. The molecule has 0 aromatic heterocycles. The molecule has 2 N–H and O–H groups in total. The first-order valence-electron chi connectivity index (χ1n) is 8.20. The Bertz CT molecular complexity index is 565. The number of urea groups is 1. The van der Waals surface area contributed by atoms with Gasteiger partial charge in [0.2, 0.25) is 0 Å². The molecule has 0 radical (unpaired) electrons. The minimum atomic E-state index is -0.357. The second kappa shape index (κ2) is 9.12. The van der Waals surface area contributed by atoms with Gasteiger partial charge in [-0.3, -0.25) is 0 Å². The average molecular weight is 335 g/mol. The number of methoxy groups -OCH3 is 1. The van der Waals surface area contributed by atoms with Crippen LogP contribution in [0.1, 0.15) is 25.3 Å². The van der Waals surface area contributed by atoms with E-state index >= 15 is 0 Å². The number of amides is 3. The van der Waals surface area contributed by atoms with Crippen molar-refractivity contribution >= 4 is 17.8 Å². The van der Waals surface area contributed by atoms with E-state index < -0.39 is 0 Å². The van der Waals surface area contributed by atoms with Crippen LogP contribution in [0.4, 0.5) is 15.3 Å². The number of rotatable bonds is 5. The van der Waals surface area contributed by atoms with E-state index in [4.69, 9.17) is 9.47 Å². The van der Waals surface area contributed by atoms with E-state index in [1.54, 1.807) is 4.90 Å². The number of carbonyl (C=O) groups is 2. The summed E-state index contributed by atoms with van der Waals surface area (Å²) in [4.78, 5) is 25.5. The van der Waals surface area contributed by atoms with Gasteiger partial charge in [-0.05, 0) is 25.8 Å². The van der Waals surface area contributed by atoms with E-state index in [0.29, 0.717) is 26.3 Å². The zero-order valence-electron chi connectivity index (χ0n) is 14.2. The van der Waals surface area contributed by atoms with E-state index in [-0.39, 0.29) is 18.2 Å². The van der Waals surface area contributed by atoms with Crippen molar-refractivity contribution in [2.75, 3.05) is 32.1 Å². The molecule has 7 nitrogen and oxygen atoms in total. The topological polar surface area (TPSA) is 79.9 Å². The fourth-order valence-electron chi connectivity index (χ4n) is 2.71. The average Bonchev–Trinajstić information content (AvgIpc) is 2.60. The molecule has 1 aliphatic rings. The molecule has 0 aliphatic carbocycles. The number of carbonyl (C=O) groups excluding carboxylic acids is 2. The minimum Gasteiger partial charge on any atom is -0.453 e. The molecule has 1 heterocycles. The Labute approximate surface area is 142 Å². The molecule has 0 saturated carbocycles. The third kappa shape index (κ3) is 5.13. The molecule has 7 heteroatoms. The van der Waals surface area contributed by atoms with Gasteiger partial charge >= 0.3 is 12.1 Å². The van der Waals surface area contributed by atoms with Crippen LogP contribution in [0.2, 0.25) is 0 Å². The van der Waals surface area contributed by atoms with Gasteiger partial charge < -0.3 is 25.0 Å². The van der Waals surface area contributed by atoms with Crippen molar-refractivity contribution in [3.05, 3.63) is 29.8 Å². The van der Waals surface area contributed by atoms with Crippen LogP contribution >= 0.6 is 0 Å². The summed E-state index contributed by atoms with van der Waals surface area (Å²) in [6, 6.07) is 7.17. The van der Waals surface area contributed by atoms with E-state index in [9.17, 15) is 9.59 Å². The van der Waals surface area contributed by atoms with E-state index in [1.165, 1.54) is 7.11 Å². The van der Waals surface area contributed by atoms with Gasteiger partial charge in [-0.25, -0.2) is 9.59 Å². The molecular weight excluding hydrogens is 310 g/mol. The summed E-state index contributed by atoms with van der Waals surface area (Å²) >= 11 is 0. The highest BCUT2D eigenvalue weighted by molar-refractivity contribution is 5.90. The molecule has 1 aromatic carbocycles. The van der Waals surface area contributed by atoms with Crippen LogP contribution in [0.25, 0.3) is 0 Å². The molecular formula is C17H25N3O4. The van der Waals surface area contributed by atoms with Crippen LogP contribution in [0.15, 0.2) is 24.3 Å². The molecule has 0 spiro atoms. The predicted molar refractivity (Wildman–Crippen MR) is 90.9 cm³/mol. The van der Waals surface area contributed by atoms with E-state index in [0.717, 1.165) is 24.1 Å². The maximum Gasteiger partial charge on any atom is 0.409 e. The molecule has 1 unspecified atom stereocenters. The van der Waals surface area contributed by atoms with Crippen molar-refractivity contribution in [3.8, 4) is 0 Å². The number of benzene rings is 1. The first-order chi connectivity index (χ1) is 11.6. The Morgan fingerprint density at radius 3 is 2.88 bits per heavy atom. The van der Waals surface area contributed by atoms with Crippen LogP contribution in [0.3, 0.4) is 0 Å². The van der Waals surface area contributed by atoms with Crippen LogP contribution in [0, 0.1) is 0 Å². The third-order valence-corrected chi connectivity index (χ3v) is 3.92. The van der Waals surface area contributed by atoms with Crippen molar-refractivity contribution in [2.24, 2.45) is 0 Å². The fraction of sp³-hybridized carbons (Fsp3) is 0.529. The first kappa shape index (κ1) is 18.1. The molecule has 24 heavy (non-hydrogen) atoms. The number of para-hydroxylation sites is 1. The van der Waals surface area contributed by atoms with Crippen LogP contribution in [0.5, 0.6) is 0 Å². The summed E-state index contributed by atoms with van der Waals surface area (Å²) in [5, 5.41) is 5.78. The zero-order valence-corrected chi connectivity index (χ0v) is 14.2. The Balaban J connectivity index is 1.90. The summed E-state index contributed by atoms with van der Waals surface area (Å²) < 4.78 is 10.2. The van der Waals surface area contributed by atoms with Gasteiger partial charge in [0.05, 0.1) is 13.7 Å². The molecule has 1 aliphatic heterocycles. The van der Waals surface area contributed by atoms with Gasteiger partial charge in [0, 0.05) is 37.0 Å². The fourth-order valence-corrected chi connectivity index (χ4v) is 2.71. The SMILES string of the molecule is CCOCc1ccccc1NC(=O)NC1CCCN(C(=O)OC)C1. The zero-order chi connectivity index (χ0) is 17.4. The summed E-state index contributed by atoms with van der Waals surface area (Å²) in [7, 11) is 1.36. The Morgan fingerprint density at radius 2 is 2.12 bits per heavy atom. The molecule has 3 amide bonds. The maximum atomic E-state index is 12.3. The van der Waals surface area contributed by atoms with Crippen molar-refractivity contribution in [3.63, 3.8) is 0 Å². The normalized spacial score (nSPS) is 17.2. The molecule has 1 saturated heterocycles. The third-order valence-electron chi connectivity index (χ3n) is 3.92. The first-order valence-corrected chi connectivity index (χ1v) is 8.20. The number of likely N-dealkylation sites (tertiary alicyclic amines) is 1. The summed E-state index contributed by atoms with van der Waals surface area (Å²) in [5.41, 5.74) is 1.65. The van der Waals surface area contributed by atoms with Gasteiger partial charge in [0.25, 0.3) is 0 Å².